The maximum absolute atomic E-state index is 5.85. The number of rotatable bonds is 3. The average molecular weight is 278 g/mol. The van der Waals surface area contributed by atoms with Gasteiger partial charge in [0.1, 0.15) is 5.69 Å². The highest BCUT2D eigenvalue weighted by Gasteiger charge is 2.17. The van der Waals surface area contributed by atoms with Crippen molar-refractivity contribution in [2.75, 3.05) is 0 Å². The molecule has 0 spiro atoms. The SMILES string of the molecule is Cc1ccccc1-c1c(CN)nnn1-c1ccccc1C. The molecule has 0 saturated heterocycles. The Labute approximate surface area is 124 Å². The zero-order valence-corrected chi connectivity index (χ0v) is 12.2. The van der Waals surface area contributed by atoms with E-state index in [1.165, 1.54) is 5.56 Å². The van der Waals surface area contributed by atoms with Gasteiger partial charge in [-0.15, -0.1) is 5.10 Å². The van der Waals surface area contributed by atoms with Crippen LogP contribution in [0.3, 0.4) is 0 Å². The second-order valence-corrected chi connectivity index (χ2v) is 5.10. The largest absolute Gasteiger partial charge is 0.325 e. The lowest BCUT2D eigenvalue weighted by Crippen LogP contribution is -2.04. The molecule has 0 aliphatic heterocycles. The third-order valence-electron chi connectivity index (χ3n) is 3.68. The van der Waals surface area contributed by atoms with Gasteiger partial charge in [-0.2, -0.15) is 0 Å². The fourth-order valence-corrected chi connectivity index (χ4v) is 2.53. The molecular weight excluding hydrogens is 260 g/mol. The number of para-hydroxylation sites is 1. The quantitative estimate of drug-likeness (QED) is 0.801. The molecule has 4 heteroatoms. The van der Waals surface area contributed by atoms with Crippen molar-refractivity contribution in [2.45, 2.75) is 20.4 Å². The lowest BCUT2D eigenvalue weighted by molar-refractivity contribution is 0.795. The highest BCUT2D eigenvalue weighted by molar-refractivity contribution is 5.68. The minimum atomic E-state index is 0.371. The molecule has 0 amide bonds. The van der Waals surface area contributed by atoms with Crippen molar-refractivity contribution in [1.82, 2.24) is 15.0 Å². The summed E-state index contributed by atoms with van der Waals surface area (Å²) in [6.45, 7) is 4.53. The summed E-state index contributed by atoms with van der Waals surface area (Å²) in [4.78, 5) is 0. The molecule has 2 N–H and O–H groups in total. The van der Waals surface area contributed by atoms with Crippen LogP contribution >= 0.6 is 0 Å². The normalized spacial score (nSPS) is 10.8. The Balaban J connectivity index is 2.28. The first-order valence-corrected chi connectivity index (χ1v) is 6.99. The third-order valence-corrected chi connectivity index (χ3v) is 3.68. The summed E-state index contributed by atoms with van der Waals surface area (Å²) in [5.74, 6) is 0. The number of nitrogens with zero attached hydrogens (tertiary/aromatic N) is 3. The van der Waals surface area contributed by atoms with Crippen LogP contribution in [0.15, 0.2) is 48.5 Å². The molecule has 3 rings (SSSR count). The van der Waals surface area contributed by atoms with Gasteiger partial charge in [0.2, 0.25) is 0 Å². The van der Waals surface area contributed by atoms with Gasteiger partial charge in [-0.25, -0.2) is 4.68 Å². The Kier molecular flexibility index (Phi) is 3.54. The van der Waals surface area contributed by atoms with Gasteiger partial charge in [-0.05, 0) is 31.0 Å². The molecule has 3 aromatic rings. The van der Waals surface area contributed by atoms with Crippen molar-refractivity contribution >= 4 is 0 Å². The number of hydrogen-bond acceptors (Lipinski definition) is 3. The van der Waals surface area contributed by atoms with E-state index in [1.807, 2.05) is 35.0 Å². The number of hydrogen-bond donors (Lipinski definition) is 1. The predicted octanol–water partition coefficient (Wildman–Crippen LogP) is 3.01. The van der Waals surface area contributed by atoms with E-state index in [0.29, 0.717) is 6.54 Å². The highest BCUT2D eigenvalue weighted by atomic mass is 15.4. The van der Waals surface area contributed by atoms with Gasteiger partial charge >= 0.3 is 0 Å². The summed E-state index contributed by atoms with van der Waals surface area (Å²) in [7, 11) is 0. The van der Waals surface area contributed by atoms with Crippen LogP contribution in [0.1, 0.15) is 16.8 Å². The van der Waals surface area contributed by atoms with E-state index in [1.54, 1.807) is 0 Å². The van der Waals surface area contributed by atoms with E-state index in [0.717, 1.165) is 28.2 Å². The zero-order chi connectivity index (χ0) is 14.8. The number of nitrogens with two attached hydrogens (primary N) is 1. The predicted molar refractivity (Wildman–Crippen MR) is 84.2 cm³/mol. The second kappa shape index (κ2) is 5.50. The molecule has 0 radical (unpaired) electrons. The van der Waals surface area contributed by atoms with E-state index in [2.05, 4.69) is 42.4 Å². The molecule has 0 aliphatic rings. The second-order valence-electron chi connectivity index (χ2n) is 5.10. The minimum absolute atomic E-state index is 0.371. The number of aryl methyl sites for hydroxylation is 2. The minimum Gasteiger partial charge on any atom is -0.325 e. The smallest absolute Gasteiger partial charge is 0.105 e. The Hall–Kier alpha value is -2.46. The molecule has 0 atom stereocenters. The van der Waals surface area contributed by atoms with Gasteiger partial charge in [0.15, 0.2) is 0 Å². The Morgan fingerprint density at radius 3 is 2.29 bits per heavy atom. The molecule has 1 aromatic heterocycles. The molecule has 0 fully saturated rings. The Morgan fingerprint density at radius 1 is 0.952 bits per heavy atom. The summed E-state index contributed by atoms with van der Waals surface area (Å²) in [5.41, 5.74) is 12.1. The fraction of sp³-hybridized carbons (Fsp3) is 0.176. The zero-order valence-electron chi connectivity index (χ0n) is 12.2. The number of benzene rings is 2. The summed E-state index contributed by atoms with van der Waals surface area (Å²) in [6.07, 6.45) is 0. The van der Waals surface area contributed by atoms with Crippen LogP contribution < -0.4 is 5.73 Å². The molecular formula is C17H18N4. The van der Waals surface area contributed by atoms with Gasteiger partial charge in [-0.3, -0.25) is 0 Å². The van der Waals surface area contributed by atoms with E-state index in [4.69, 9.17) is 5.73 Å². The van der Waals surface area contributed by atoms with Crippen LogP contribution in [0.5, 0.6) is 0 Å². The van der Waals surface area contributed by atoms with Crippen molar-refractivity contribution in [3.8, 4) is 16.9 Å². The van der Waals surface area contributed by atoms with Crippen LogP contribution in [-0.2, 0) is 6.54 Å². The molecule has 21 heavy (non-hydrogen) atoms. The van der Waals surface area contributed by atoms with E-state index >= 15 is 0 Å². The molecule has 0 saturated carbocycles. The third kappa shape index (κ3) is 2.34. The van der Waals surface area contributed by atoms with Crippen LogP contribution in [0.25, 0.3) is 16.9 Å². The first-order valence-electron chi connectivity index (χ1n) is 6.99. The van der Waals surface area contributed by atoms with Crippen LogP contribution in [-0.4, -0.2) is 15.0 Å². The van der Waals surface area contributed by atoms with Gasteiger partial charge in [-0.1, -0.05) is 47.7 Å². The van der Waals surface area contributed by atoms with Gasteiger partial charge in [0, 0.05) is 12.1 Å². The van der Waals surface area contributed by atoms with Crippen molar-refractivity contribution < 1.29 is 0 Å². The van der Waals surface area contributed by atoms with Crippen LogP contribution in [0, 0.1) is 13.8 Å². The first-order chi connectivity index (χ1) is 10.2. The monoisotopic (exact) mass is 278 g/mol. The van der Waals surface area contributed by atoms with Crippen molar-refractivity contribution in [1.29, 1.82) is 0 Å². The Morgan fingerprint density at radius 2 is 1.62 bits per heavy atom. The maximum atomic E-state index is 5.85. The topological polar surface area (TPSA) is 56.7 Å². The van der Waals surface area contributed by atoms with Gasteiger partial charge < -0.3 is 5.73 Å². The summed E-state index contributed by atoms with van der Waals surface area (Å²) < 4.78 is 1.89. The molecule has 1 heterocycles. The molecule has 4 nitrogen and oxygen atoms in total. The molecule has 106 valence electrons. The van der Waals surface area contributed by atoms with Crippen molar-refractivity contribution in [3.05, 3.63) is 65.4 Å². The van der Waals surface area contributed by atoms with Gasteiger partial charge in [0.05, 0.1) is 11.4 Å². The van der Waals surface area contributed by atoms with Crippen molar-refractivity contribution in [3.63, 3.8) is 0 Å². The van der Waals surface area contributed by atoms with Crippen molar-refractivity contribution in [2.24, 2.45) is 5.73 Å². The van der Waals surface area contributed by atoms with Gasteiger partial charge in [0.25, 0.3) is 0 Å². The summed E-state index contributed by atoms with van der Waals surface area (Å²) >= 11 is 0. The standard InChI is InChI=1S/C17H18N4/c1-12-7-3-5-9-14(12)17-15(11-18)19-20-21(17)16-10-6-4-8-13(16)2/h3-10H,11,18H2,1-2H3. The van der Waals surface area contributed by atoms with E-state index in [9.17, 15) is 0 Å². The lowest BCUT2D eigenvalue weighted by atomic mass is 10.0. The molecule has 0 unspecified atom stereocenters. The molecule has 0 aliphatic carbocycles. The molecule has 0 bridgehead atoms. The van der Waals surface area contributed by atoms with Crippen LogP contribution in [0.2, 0.25) is 0 Å². The lowest BCUT2D eigenvalue weighted by Gasteiger charge is -2.12. The fourth-order valence-electron chi connectivity index (χ4n) is 2.53. The number of aromatic nitrogens is 3. The summed E-state index contributed by atoms with van der Waals surface area (Å²) in [5, 5.41) is 8.58. The summed E-state index contributed by atoms with van der Waals surface area (Å²) in [6, 6.07) is 16.4. The van der Waals surface area contributed by atoms with E-state index in [-0.39, 0.29) is 0 Å². The van der Waals surface area contributed by atoms with E-state index < -0.39 is 0 Å². The Bertz CT molecular complexity index is 774. The highest BCUT2D eigenvalue weighted by Crippen LogP contribution is 2.28. The average Bonchev–Trinajstić information content (AvgIpc) is 2.92. The first kappa shape index (κ1) is 13.5. The van der Waals surface area contributed by atoms with Crippen LogP contribution in [0.4, 0.5) is 0 Å². The maximum Gasteiger partial charge on any atom is 0.105 e. The molecule has 2 aromatic carbocycles.